The molecule has 0 N–H and O–H groups in total. The maximum Gasteiger partial charge on any atom is 0.416 e. The van der Waals surface area contributed by atoms with Gasteiger partial charge in [0.1, 0.15) is 5.03 Å². The monoisotopic (exact) mass is 605 g/mol. The topological polar surface area (TPSA) is 54.9 Å². The molecule has 0 radical (unpaired) electrons. The fraction of sp³-hybridized carbons (Fsp3) is 0.333. The van der Waals surface area contributed by atoms with E-state index < -0.39 is 11.7 Å². The van der Waals surface area contributed by atoms with Crippen LogP contribution in [-0.2, 0) is 6.18 Å². The minimum Gasteiger partial charge on any atom is -0.454 e. The number of halogens is 3. The Morgan fingerprint density at radius 3 is 2.42 bits per heavy atom. The van der Waals surface area contributed by atoms with Gasteiger partial charge < -0.3 is 19.3 Å². The highest BCUT2D eigenvalue weighted by molar-refractivity contribution is 7.99. The van der Waals surface area contributed by atoms with E-state index in [1.54, 1.807) is 6.07 Å². The zero-order chi connectivity index (χ0) is 29.6. The summed E-state index contributed by atoms with van der Waals surface area (Å²) in [6.07, 6.45) is -0.0730. The van der Waals surface area contributed by atoms with Crippen LogP contribution in [0.3, 0.4) is 0 Å². The number of hydrogen-bond donors (Lipinski definition) is 0. The molecule has 7 rings (SSSR count). The Morgan fingerprint density at radius 2 is 1.63 bits per heavy atom. The number of aromatic nitrogens is 1. The largest absolute Gasteiger partial charge is 0.454 e. The van der Waals surface area contributed by atoms with Crippen molar-refractivity contribution in [3.63, 3.8) is 0 Å². The van der Waals surface area contributed by atoms with Crippen LogP contribution in [0.1, 0.15) is 41.6 Å². The van der Waals surface area contributed by atoms with Gasteiger partial charge in [-0.3, -0.25) is 4.79 Å². The molecule has 0 bridgehead atoms. The Bertz CT molecular complexity index is 1670. The summed E-state index contributed by atoms with van der Waals surface area (Å²) in [4.78, 5) is 24.2. The van der Waals surface area contributed by atoms with Gasteiger partial charge in [0.25, 0.3) is 5.91 Å². The van der Waals surface area contributed by atoms with Crippen molar-refractivity contribution in [2.24, 2.45) is 0 Å². The molecule has 1 amide bonds. The molecule has 4 heterocycles. The van der Waals surface area contributed by atoms with Crippen LogP contribution in [0, 0.1) is 0 Å². The normalized spacial score (nSPS) is 18.6. The molecule has 0 aliphatic carbocycles. The van der Waals surface area contributed by atoms with Gasteiger partial charge in [0.05, 0.1) is 16.6 Å². The van der Waals surface area contributed by atoms with Crippen molar-refractivity contribution in [2.75, 3.05) is 33.0 Å². The molecule has 4 aromatic rings. The molecular weight excluding hydrogens is 575 g/mol. The summed E-state index contributed by atoms with van der Waals surface area (Å²) < 4.78 is 50.4. The highest BCUT2D eigenvalue weighted by Gasteiger charge is 2.33. The number of ether oxygens (including phenoxy) is 2. The van der Waals surface area contributed by atoms with E-state index in [2.05, 4.69) is 4.90 Å². The van der Waals surface area contributed by atoms with Gasteiger partial charge in [0.2, 0.25) is 6.79 Å². The van der Waals surface area contributed by atoms with Crippen LogP contribution in [-0.4, -0.2) is 59.7 Å². The Kier molecular flexibility index (Phi) is 7.43. The lowest BCUT2D eigenvalue weighted by Gasteiger charge is -2.29. The third-order valence-electron chi connectivity index (χ3n) is 8.43. The number of carbonyl (C=O) groups is 1. The Labute approximate surface area is 251 Å². The molecule has 43 heavy (non-hydrogen) atoms. The average molecular weight is 606 g/mol. The van der Waals surface area contributed by atoms with Gasteiger partial charge in [0.15, 0.2) is 11.5 Å². The standard InChI is InChI=1S/C33H30F3N3O3S/c34-33(35,36)23-7-9-25(10-8-23)43-31-18-27(32(40)39-15-3-4-24(39)19-38-13-1-2-14-38)26-16-21(5-11-28(26)37-31)22-6-12-29-30(17-22)42-20-41-29/h5-12,16-18,24H,1-4,13-15,19-20H2/t24-/m0/s1. The fourth-order valence-corrected chi connectivity index (χ4v) is 7.06. The zero-order valence-corrected chi connectivity index (χ0v) is 24.2. The van der Waals surface area contributed by atoms with Crippen molar-refractivity contribution < 1.29 is 27.4 Å². The molecule has 3 aromatic carbocycles. The molecular formula is C33H30F3N3O3S. The molecule has 3 aliphatic rings. The summed E-state index contributed by atoms with van der Waals surface area (Å²) in [7, 11) is 0. The Hall–Kier alpha value is -3.76. The van der Waals surface area contributed by atoms with Crippen molar-refractivity contribution in [1.82, 2.24) is 14.8 Å². The average Bonchev–Trinajstić information content (AvgIpc) is 3.79. The predicted octanol–water partition coefficient (Wildman–Crippen LogP) is 7.50. The number of pyridine rings is 1. The lowest BCUT2D eigenvalue weighted by atomic mass is 10.00. The van der Waals surface area contributed by atoms with Crippen LogP contribution >= 0.6 is 11.8 Å². The molecule has 3 aliphatic heterocycles. The second-order valence-electron chi connectivity index (χ2n) is 11.2. The highest BCUT2D eigenvalue weighted by Crippen LogP contribution is 2.38. The van der Waals surface area contributed by atoms with Gasteiger partial charge in [0, 0.05) is 29.4 Å². The maximum atomic E-state index is 14.3. The first kappa shape index (κ1) is 28.0. The van der Waals surface area contributed by atoms with Gasteiger partial charge in [-0.05, 0) is 104 Å². The van der Waals surface area contributed by atoms with Crippen LogP contribution < -0.4 is 9.47 Å². The minimum absolute atomic E-state index is 0.0359. The molecule has 222 valence electrons. The molecule has 6 nitrogen and oxygen atoms in total. The number of carbonyl (C=O) groups excluding carboxylic acids is 1. The first-order chi connectivity index (χ1) is 20.8. The maximum absolute atomic E-state index is 14.3. The lowest BCUT2D eigenvalue weighted by Crippen LogP contribution is -2.42. The number of likely N-dealkylation sites (tertiary alicyclic amines) is 2. The summed E-state index contributed by atoms with van der Waals surface area (Å²) in [6, 6.07) is 18.6. The van der Waals surface area contributed by atoms with Crippen molar-refractivity contribution in [3.8, 4) is 22.6 Å². The quantitative estimate of drug-likeness (QED) is 0.227. The first-order valence-electron chi connectivity index (χ1n) is 14.6. The smallest absolute Gasteiger partial charge is 0.416 e. The van der Waals surface area contributed by atoms with Crippen LogP contribution in [0.5, 0.6) is 11.5 Å². The third-order valence-corrected chi connectivity index (χ3v) is 9.36. The van der Waals surface area contributed by atoms with Crippen molar-refractivity contribution in [3.05, 3.63) is 77.9 Å². The zero-order valence-electron chi connectivity index (χ0n) is 23.4. The second kappa shape index (κ2) is 11.4. The van der Waals surface area contributed by atoms with E-state index in [1.807, 2.05) is 41.3 Å². The number of hydrogen-bond acceptors (Lipinski definition) is 6. The summed E-state index contributed by atoms with van der Waals surface area (Å²) in [5, 5.41) is 1.30. The van der Waals surface area contributed by atoms with E-state index in [1.165, 1.54) is 36.7 Å². The molecule has 0 saturated carbocycles. The summed E-state index contributed by atoms with van der Waals surface area (Å²) in [6.45, 7) is 3.91. The lowest BCUT2D eigenvalue weighted by molar-refractivity contribution is -0.137. The number of alkyl halides is 3. The van der Waals surface area contributed by atoms with Gasteiger partial charge in [-0.1, -0.05) is 23.9 Å². The predicted molar refractivity (Wildman–Crippen MR) is 159 cm³/mol. The first-order valence-corrected chi connectivity index (χ1v) is 15.4. The van der Waals surface area contributed by atoms with Gasteiger partial charge in [-0.25, -0.2) is 4.98 Å². The van der Waals surface area contributed by atoms with E-state index in [0.29, 0.717) is 39.0 Å². The van der Waals surface area contributed by atoms with Gasteiger partial charge >= 0.3 is 6.18 Å². The van der Waals surface area contributed by atoms with Crippen molar-refractivity contribution in [2.45, 2.75) is 47.8 Å². The van der Waals surface area contributed by atoms with E-state index >= 15 is 0 Å². The molecule has 1 aromatic heterocycles. The van der Waals surface area contributed by atoms with Crippen molar-refractivity contribution in [1.29, 1.82) is 0 Å². The summed E-state index contributed by atoms with van der Waals surface area (Å²) in [5.74, 6) is 1.34. The van der Waals surface area contributed by atoms with Crippen LogP contribution in [0.25, 0.3) is 22.0 Å². The van der Waals surface area contributed by atoms with Crippen LogP contribution in [0.15, 0.2) is 76.7 Å². The summed E-state index contributed by atoms with van der Waals surface area (Å²) >= 11 is 1.25. The fourth-order valence-electron chi connectivity index (χ4n) is 6.23. The minimum atomic E-state index is -4.40. The molecule has 10 heteroatoms. The van der Waals surface area contributed by atoms with E-state index in [0.717, 1.165) is 61.1 Å². The number of benzene rings is 3. The summed E-state index contributed by atoms with van der Waals surface area (Å²) in [5.41, 5.74) is 2.35. The Morgan fingerprint density at radius 1 is 0.884 bits per heavy atom. The number of rotatable bonds is 6. The van der Waals surface area contributed by atoms with Crippen LogP contribution in [0.2, 0.25) is 0 Å². The second-order valence-corrected chi connectivity index (χ2v) is 12.3. The molecule has 2 saturated heterocycles. The van der Waals surface area contributed by atoms with Gasteiger partial charge in [-0.15, -0.1) is 0 Å². The third kappa shape index (κ3) is 5.78. The SMILES string of the molecule is O=C(c1cc(Sc2ccc(C(F)(F)F)cc2)nc2ccc(-c3ccc4c(c3)OCO4)cc12)N1CCC[C@H]1CN1CCCC1. The Balaban J connectivity index is 1.26. The van der Waals surface area contributed by atoms with Gasteiger partial charge in [-0.2, -0.15) is 13.2 Å². The van der Waals surface area contributed by atoms with Crippen molar-refractivity contribution >= 4 is 28.6 Å². The number of amides is 1. The molecule has 0 spiro atoms. The van der Waals surface area contributed by atoms with E-state index in [9.17, 15) is 18.0 Å². The number of nitrogens with zero attached hydrogens (tertiary/aromatic N) is 3. The molecule has 0 unspecified atom stereocenters. The van der Waals surface area contributed by atoms with E-state index in [4.69, 9.17) is 14.5 Å². The molecule has 2 fully saturated rings. The number of fused-ring (bicyclic) bond motifs is 2. The molecule has 1 atom stereocenters. The van der Waals surface area contributed by atoms with E-state index in [-0.39, 0.29) is 18.7 Å². The highest BCUT2D eigenvalue weighted by atomic mass is 32.2. The van der Waals surface area contributed by atoms with Crippen LogP contribution in [0.4, 0.5) is 13.2 Å².